The van der Waals surface area contributed by atoms with Crippen LogP contribution in [0.15, 0.2) is 18.2 Å². The van der Waals surface area contributed by atoms with Crippen molar-refractivity contribution in [2.75, 3.05) is 5.88 Å². The number of Topliss-reactive ketones (excluding diaryl/α,β-unsaturated/α-hetero) is 1. The van der Waals surface area contributed by atoms with Gasteiger partial charge in [0, 0.05) is 6.42 Å². The number of ketones is 1. The van der Waals surface area contributed by atoms with Crippen LogP contribution in [0.25, 0.3) is 0 Å². The van der Waals surface area contributed by atoms with Crippen LogP contribution in [0.5, 0.6) is 0 Å². The zero-order chi connectivity index (χ0) is 10.6. The van der Waals surface area contributed by atoms with Gasteiger partial charge < -0.3 is 0 Å². The highest BCUT2D eigenvalue weighted by Gasteiger charge is 2.07. The molecule has 0 aliphatic heterocycles. The first-order valence-corrected chi connectivity index (χ1v) is 5.05. The number of rotatable bonds is 4. The van der Waals surface area contributed by atoms with Gasteiger partial charge >= 0.3 is 0 Å². The van der Waals surface area contributed by atoms with Gasteiger partial charge in [-0.15, -0.1) is 11.6 Å². The molecule has 0 saturated heterocycles. The summed E-state index contributed by atoms with van der Waals surface area (Å²) in [6.45, 7) is 1.96. The zero-order valence-corrected chi connectivity index (χ0v) is 8.77. The van der Waals surface area contributed by atoms with Crippen molar-refractivity contribution in [3.8, 4) is 0 Å². The Kier molecular flexibility index (Phi) is 4.08. The van der Waals surface area contributed by atoms with Gasteiger partial charge in [0.15, 0.2) is 5.78 Å². The van der Waals surface area contributed by atoms with E-state index in [2.05, 4.69) is 0 Å². The minimum absolute atomic E-state index is 0.0605. The summed E-state index contributed by atoms with van der Waals surface area (Å²) in [6.07, 6.45) is 0.875. The van der Waals surface area contributed by atoms with E-state index in [-0.39, 0.29) is 23.9 Å². The van der Waals surface area contributed by atoms with E-state index in [4.69, 9.17) is 11.6 Å². The zero-order valence-electron chi connectivity index (χ0n) is 8.02. The summed E-state index contributed by atoms with van der Waals surface area (Å²) >= 11 is 5.34. The van der Waals surface area contributed by atoms with Crippen molar-refractivity contribution in [3.05, 3.63) is 35.1 Å². The Balaban J connectivity index is 2.83. The van der Waals surface area contributed by atoms with Crippen LogP contribution in [-0.2, 0) is 17.6 Å². The smallest absolute Gasteiger partial charge is 0.152 e. The molecule has 0 saturated carbocycles. The van der Waals surface area contributed by atoms with Gasteiger partial charge in [-0.1, -0.05) is 19.1 Å². The van der Waals surface area contributed by atoms with Crippen molar-refractivity contribution in [3.63, 3.8) is 0 Å². The third-order valence-electron chi connectivity index (χ3n) is 2.06. The molecule has 0 aliphatic carbocycles. The monoisotopic (exact) mass is 214 g/mol. The molecule has 0 radical (unpaired) electrons. The SMILES string of the molecule is CCc1ccc(CC(=O)CCl)c(F)c1. The van der Waals surface area contributed by atoms with Gasteiger partial charge in [-0.2, -0.15) is 0 Å². The van der Waals surface area contributed by atoms with Crippen LogP contribution in [0, 0.1) is 5.82 Å². The normalized spacial score (nSPS) is 10.2. The van der Waals surface area contributed by atoms with Gasteiger partial charge in [-0.05, 0) is 23.6 Å². The van der Waals surface area contributed by atoms with Gasteiger partial charge in [0.05, 0.1) is 5.88 Å². The van der Waals surface area contributed by atoms with E-state index in [9.17, 15) is 9.18 Å². The summed E-state index contributed by atoms with van der Waals surface area (Å²) in [7, 11) is 0. The Morgan fingerprint density at radius 2 is 2.21 bits per heavy atom. The van der Waals surface area contributed by atoms with Crippen LogP contribution in [0.1, 0.15) is 18.1 Å². The van der Waals surface area contributed by atoms with E-state index in [0.29, 0.717) is 5.56 Å². The van der Waals surface area contributed by atoms with E-state index in [1.54, 1.807) is 6.07 Å². The van der Waals surface area contributed by atoms with E-state index >= 15 is 0 Å². The highest BCUT2D eigenvalue weighted by atomic mass is 35.5. The predicted octanol–water partition coefficient (Wildman–Crippen LogP) is 2.74. The van der Waals surface area contributed by atoms with Crippen molar-refractivity contribution in [1.82, 2.24) is 0 Å². The van der Waals surface area contributed by atoms with Crippen LogP contribution >= 0.6 is 11.6 Å². The fourth-order valence-electron chi connectivity index (χ4n) is 1.21. The minimum atomic E-state index is -0.317. The Morgan fingerprint density at radius 3 is 2.71 bits per heavy atom. The molecular formula is C11H12ClFO. The standard InChI is InChI=1S/C11H12ClFO/c1-2-8-3-4-9(11(13)5-8)6-10(14)7-12/h3-5H,2,6-7H2,1H3. The van der Waals surface area contributed by atoms with Crippen molar-refractivity contribution < 1.29 is 9.18 Å². The van der Waals surface area contributed by atoms with Crippen molar-refractivity contribution in [1.29, 1.82) is 0 Å². The summed E-state index contributed by atoms with van der Waals surface area (Å²) in [6, 6.07) is 4.95. The van der Waals surface area contributed by atoms with Gasteiger partial charge in [0.1, 0.15) is 5.82 Å². The molecule has 3 heteroatoms. The number of aryl methyl sites for hydroxylation is 1. The van der Waals surface area contributed by atoms with E-state index < -0.39 is 0 Å². The number of hydrogen-bond donors (Lipinski definition) is 0. The third-order valence-corrected chi connectivity index (χ3v) is 2.36. The lowest BCUT2D eigenvalue weighted by molar-refractivity contribution is -0.116. The molecule has 0 spiro atoms. The van der Waals surface area contributed by atoms with E-state index in [0.717, 1.165) is 12.0 Å². The number of alkyl halides is 1. The van der Waals surface area contributed by atoms with E-state index in [1.807, 2.05) is 13.0 Å². The summed E-state index contributed by atoms with van der Waals surface area (Å²) in [4.78, 5) is 11.0. The van der Waals surface area contributed by atoms with Crippen LogP contribution in [0.3, 0.4) is 0 Å². The van der Waals surface area contributed by atoms with Crippen molar-refractivity contribution >= 4 is 17.4 Å². The number of hydrogen-bond acceptors (Lipinski definition) is 1. The number of carbonyl (C=O) groups is 1. The quantitative estimate of drug-likeness (QED) is 0.705. The molecule has 1 rings (SSSR count). The lowest BCUT2D eigenvalue weighted by Crippen LogP contribution is -2.05. The second-order valence-electron chi connectivity index (χ2n) is 3.13. The van der Waals surface area contributed by atoms with Gasteiger partial charge in [-0.25, -0.2) is 4.39 Å². The first-order chi connectivity index (χ1) is 6.67. The molecule has 1 aromatic rings. The summed E-state index contributed by atoms with van der Waals surface area (Å²) < 4.78 is 13.3. The van der Waals surface area contributed by atoms with E-state index in [1.165, 1.54) is 6.07 Å². The Bertz CT molecular complexity index is 336. The maximum atomic E-state index is 13.3. The summed E-state index contributed by atoms with van der Waals surface area (Å²) in [5.41, 5.74) is 1.36. The molecule has 0 bridgehead atoms. The molecule has 14 heavy (non-hydrogen) atoms. The Morgan fingerprint density at radius 1 is 1.50 bits per heavy atom. The minimum Gasteiger partial charge on any atom is -0.298 e. The number of benzene rings is 1. The fraction of sp³-hybridized carbons (Fsp3) is 0.364. The molecule has 0 heterocycles. The maximum Gasteiger partial charge on any atom is 0.152 e. The average molecular weight is 215 g/mol. The van der Waals surface area contributed by atoms with Crippen LogP contribution < -0.4 is 0 Å². The molecule has 0 amide bonds. The highest BCUT2D eigenvalue weighted by Crippen LogP contribution is 2.12. The lowest BCUT2D eigenvalue weighted by Gasteiger charge is -2.03. The predicted molar refractivity (Wildman–Crippen MR) is 55.2 cm³/mol. The number of halogens is 2. The largest absolute Gasteiger partial charge is 0.298 e. The molecule has 76 valence electrons. The van der Waals surface area contributed by atoms with Crippen LogP contribution in [0.2, 0.25) is 0 Å². The molecule has 0 unspecified atom stereocenters. The van der Waals surface area contributed by atoms with Crippen LogP contribution in [-0.4, -0.2) is 11.7 Å². The first-order valence-electron chi connectivity index (χ1n) is 4.52. The lowest BCUT2D eigenvalue weighted by atomic mass is 10.1. The van der Waals surface area contributed by atoms with Gasteiger partial charge in [0.25, 0.3) is 0 Å². The number of carbonyl (C=O) groups excluding carboxylic acids is 1. The Labute approximate surface area is 87.9 Å². The molecule has 1 aromatic carbocycles. The molecule has 0 N–H and O–H groups in total. The maximum absolute atomic E-state index is 13.3. The first kappa shape index (κ1) is 11.2. The summed E-state index contributed by atoms with van der Waals surface area (Å²) in [5.74, 6) is -0.535. The van der Waals surface area contributed by atoms with Crippen molar-refractivity contribution in [2.45, 2.75) is 19.8 Å². The molecule has 0 fully saturated rings. The molecule has 0 aliphatic rings. The molecule has 0 atom stereocenters. The fourth-order valence-corrected chi connectivity index (χ4v) is 1.31. The second kappa shape index (κ2) is 5.11. The van der Waals surface area contributed by atoms with Gasteiger partial charge in [0.2, 0.25) is 0 Å². The Hall–Kier alpha value is -0.890. The van der Waals surface area contributed by atoms with Gasteiger partial charge in [-0.3, -0.25) is 4.79 Å². The third kappa shape index (κ3) is 2.81. The highest BCUT2D eigenvalue weighted by molar-refractivity contribution is 6.27. The second-order valence-corrected chi connectivity index (χ2v) is 3.40. The van der Waals surface area contributed by atoms with Crippen molar-refractivity contribution in [2.24, 2.45) is 0 Å². The summed E-state index contributed by atoms with van der Waals surface area (Å²) in [5, 5.41) is 0. The topological polar surface area (TPSA) is 17.1 Å². The molecule has 0 aromatic heterocycles. The van der Waals surface area contributed by atoms with Crippen LogP contribution in [0.4, 0.5) is 4.39 Å². The molecular weight excluding hydrogens is 203 g/mol. The molecule has 1 nitrogen and oxygen atoms in total. The average Bonchev–Trinajstić information content (AvgIpc) is 2.20.